The van der Waals surface area contributed by atoms with Gasteiger partial charge < -0.3 is 40.3 Å². The fraction of sp³-hybridized carbons (Fsp3) is 0.759. The van der Waals surface area contributed by atoms with Gasteiger partial charge in [0.05, 0.1) is 25.4 Å². The molecule has 364 valence electrons. The second kappa shape index (κ2) is 43.5. The molecule has 1 aliphatic heterocycles. The minimum atomic E-state index is -1.57. The molecular formula is C54H95NO8. The number of hydrogen-bond acceptors (Lipinski definition) is 8. The highest BCUT2D eigenvalue weighted by Gasteiger charge is 2.44. The van der Waals surface area contributed by atoms with E-state index >= 15 is 0 Å². The SMILES string of the molecule is CC/C=C\C/C=C\C/C=C\C/C=C\C/C=C\C/C=C\CCCCC(=O)NC(COC1OC(CO)C(O)C(O)C1O)C(O)CCCCCCCCCCCCCCCCCCCCC. The van der Waals surface area contributed by atoms with Gasteiger partial charge in [0.1, 0.15) is 24.4 Å². The summed E-state index contributed by atoms with van der Waals surface area (Å²) >= 11 is 0. The summed E-state index contributed by atoms with van der Waals surface area (Å²) in [7, 11) is 0. The van der Waals surface area contributed by atoms with E-state index in [-0.39, 0.29) is 12.5 Å². The molecule has 7 unspecified atom stereocenters. The van der Waals surface area contributed by atoms with Gasteiger partial charge in [0, 0.05) is 6.42 Å². The molecule has 0 aromatic carbocycles. The van der Waals surface area contributed by atoms with E-state index in [2.05, 4.69) is 92.1 Å². The Morgan fingerprint density at radius 3 is 1.43 bits per heavy atom. The fourth-order valence-corrected chi connectivity index (χ4v) is 7.75. The van der Waals surface area contributed by atoms with E-state index in [0.29, 0.717) is 19.3 Å². The van der Waals surface area contributed by atoms with Gasteiger partial charge in [-0.05, 0) is 64.2 Å². The Labute approximate surface area is 385 Å². The molecule has 0 aliphatic carbocycles. The van der Waals surface area contributed by atoms with Crippen molar-refractivity contribution in [2.45, 2.75) is 249 Å². The zero-order valence-corrected chi connectivity index (χ0v) is 40.1. The van der Waals surface area contributed by atoms with E-state index in [1.54, 1.807) is 0 Å². The highest BCUT2D eigenvalue weighted by Crippen LogP contribution is 2.23. The number of unbranched alkanes of at least 4 members (excludes halogenated alkanes) is 20. The molecule has 6 N–H and O–H groups in total. The number of carbonyl (C=O) groups excluding carboxylic acids is 1. The summed E-state index contributed by atoms with van der Waals surface area (Å²) in [6.45, 7) is 3.70. The third kappa shape index (κ3) is 33.7. The zero-order chi connectivity index (χ0) is 45.9. The Hall–Kier alpha value is -2.37. The molecule has 0 spiro atoms. The molecule has 1 aliphatic rings. The number of hydrogen-bond donors (Lipinski definition) is 6. The van der Waals surface area contributed by atoms with Gasteiger partial charge in [-0.1, -0.05) is 209 Å². The van der Waals surface area contributed by atoms with E-state index in [0.717, 1.165) is 70.6 Å². The molecule has 0 aromatic heterocycles. The molecule has 9 heteroatoms. The van der Waals surface area contributed by atoms with Crippen LogP contribution in [0.3, 0.4) is 0 Å². The van der Waals surface area contributed by atoms with Crippen LogP contribution in [0.25, 0.3) is 0 Å². The molecule has 0 bridgehead atoms. The standard InChI is InChI=1S/C54H95NO8/c1-3-5-7-9-11-13-15-17-19-21-23-24-26-28-30-32-34-36-38-40-42-44-50(58)55-47(46-62-54-53(61)52(60)51(59)49(45-56)63-54)48(57)43-41-39-37-35-33-31-29-27-25-22-20-18-16-14-12-10-8-6-4-2/h5,7,11,13,17,19,23-24,28,30,34,36,47-49,51-54,56-57,59-61H,3-4,6,8-10,12,14-16,18,20-22,25-27,29,31-33,35,37-46H2,1-2H3,(H,55,58)/b7-5-,13-11-,19-17-,24-23-,30-28-,36-34-. The number of ether oxygens (including phenoxy) is 2. The van der Waals surface area contributed by atoms with Crippen molar-refractivity contribution in [1.82, 2.24) is 5.32 Å². The number of aliphatic hydroxyl groups excluding tert-OH is 5. The van der Waals surface area contributed by atoms with Crippen molar-refractivity contribution in [2.75, 3.05) is 13.2 Å². The van der Waals surface area contributed by atoms with Crippen molar-refractivity contribution < 1.29 is 39.8 Å². The Balaban J connectivity index is 2.33. The number of carbonyl (C=O) groups is 1. The smallest absolute Gasteiger partial charge is 0.220 e. The molecule has 0 saturated carbocycles. The van der Waals surface area contributed by atoms with Crippen LogP contribution >= 0.6 is 0 Å². The molecule has 1 heterocycles. The van der Waals surface area contributed by atoms with Crippen LogP contribution in [-0.2, 0) is 14.3 Å². The molecule has 1 saturated heterocycles. The van der Waals surface area contributed by atoms with Crippen molar-refractivity contribution in [2.24, 2.45) is 0 Å². The molecule has 1 amide bonds. The number of amides is 1. The number of rotatable bonds is 42. The first-order chi connectivity index (χ1) is 30.8. The van der Waals surface area contributed by atoms with Crippen LogP contribution in [-0.4, -0.2) is 87.5 Å². The second-order valence-electron chi connectivity index (χ2n) is 17.6. The van der Waals surface area contributed by atoms with Crippen LogP contribution < -0.4 is 5.32 Å². The van der Waals surface area contributed by atoms with Crippen LogP contribution in [0.2, 0.25) is 0 Å². The van der Waals surface area contributed by atoms with Crippen molar-refractivity contribution in [3.05, 3.63) is 72.9 Å². The fourth-order valence-electron chi connectivity index (χ4n) is 7.75. The average molecular weight is 886 g/mol. The summed E-state index contributed by atoms with van der Waals surface area (Å²) in [4.78, 5) is 13.0. The zero-order valence-electron chi connectivity index (χ0n) is 40.1. The van der Waals surface area contributed by atoms with Gasteiger partial charge in [-0.2, -0.15) is 0 Å². The van der Waals surface area contributed by atoms with Gasteiger partial charge in [0.25, 0.3) is 0 Å². The summed E-state index contributed by atoms with van der Waals surface area (Å²) < 4.78 is 11.3. The molecule has 1 fully saturated rings. The Morgan fingerprint density at radius 1 is 0.556 bits per heavy atom. The third-order valence-electron chi connectivity index (χ3n) is 11.8. The monoisotopic (exact) mass is 886 g/mol. The van der Waals surface area contributed by atoms with E-state index < -0.39 is 49.5 Å². The summed E-state index contributed by atoms with van der Waals surface area (Å²) in [6, 6.07) is -0.746. The second-order valence-corrected chi connectivity index (χ2v) is 17.6. The predicted molar refractivity (Wildman–Crippen MR) is 262 cm³/mol. The number of aliphatic hydroxyl groups is 5. The Kier molecular flexibility index (Phi) is 40.5. The van der Waals surface area contributed by atoms with E-state index in [1.807, 2.05) is 0 Å². The quantitative estimate of drug-likeness (QED) is 0.0262. The van der Waals surface area contributed by atoms with E-state index in [9.17, 15) is 30.3 Å². The van der Waals surface area contributed by atoms with Crippen LogP contribution in [0.15, 0.2) is 72.9 Å². The Bertz CT molecular complexity index is 1210. The first-order valence-corrected chi connectivity index (χ1v) is 25.6. The lowest BCUT2D eigenvalue weighted by Gasteiger charge is -2.40. The summed E-state index contributed by atoms with van der Waals surface area (Å²) in [5.41, 5.74) is 0. The number of nitrogens with one attached hydrogen (secondary N) is 1. The normalized spacial score (nSPS) is 20.8. The van der Waals surface area contributed by atoms with Gasteiger partial charge in [0.2, 0.25) is 5.91 Å². The maximum Gasteiger partial charge on any atom is 0.220 e. The molecule has 0 aromatic rings. The lowest BCUT2D eigenvalue weighted by molar-refractivity contribution is -0.302. The topological polar surface area (TPSA) is 149 Å². The molecule has 7 atom stereocenters. The molecule has 0 radical (unpaired) electrons. The van der Waals surface area contributed by atoms with Crippen molar-refractivity contribution >= 4 is 5.91 Å². The van der Waals surface area contributed by atoms with Crippen molar-refractivity contribution in [3.8, 4) is 0 Å². The van der Waals surface area contributed by atoms with Gasteiger partial charge in [-0.3, -0.25) is 4.79 Å². The maximum atomic E-state index is 13.0. The highest BCUT2D eigenvalue weighted by molar-refractivity contribution is 5.76. The van der Waals surface area contributed by atoms with E-state index in [1.165, 1.54) is 103 Å². The molecular weight excluding hydrogens is 791 g/mol. The summed E-state index contributed by atoms with van der Waals surface area (Å²) in [5, 5.41) is 54.5. The third-order valence-corrected chi connectivity index (χ3v) is 11.8. The lowest BCUT2D eigenvalue weighted by atomic mass is 9.99. The van der Waals surface area contributed by atoms with Gasteiger partial charge in [-0.15, -0.1) is 0 Å². The van der Waals surface area contributed by atoms with Gasteiger partial charge in [0.15, 0.2) is 6.29 Å². The minimum absolute atomic E-state index is 0.159. The van der Waals surface area contributed by atoms with Gasteiger partial charge >= 0.3 is 0 Å². The van der Waals surface area contributed by atoms with Crippen molar-refractivity contribution in [3.63, 3.8) is 0 Å². The number of allylic oxidation sites excluding steroid dienone is 12. The average Bonchev–Trinajstić information content (AvgIpc) is 3.28. The highest BCUT2D eigenvalue weighted by atomic mass is 16.7. The van der Waals surface area contributed by atoms with Crippen LogP contribution in [0.5, 0.6) is 0 Å². The molecule has 1 rings (SSSR count). The molecule has 63 heavy (non-hydrogen) atoms. The first-order valence-electron chi connectivity index (χ1n) is 25.6. The summed E-state index contributed by atoms with van der Waals surface area (Å²) in [6.07, 6.45) is 52.0. The lowest BCUT2D eigenvalue weighted by Crippen LogP contribution is -2.60. The van der Waals surface area contributed by atoms with Crippen LogP contribution in [0.4, 0.5) is 0 Å². The largest absolute Gasteiger partial charge is 0.394 e. The van der Waals surface area contributed by atoms with Crippen LogP contribution in [0.1, 0.15) is 206 Å². The van der Waals surface area contributed by atoms with E-state index in [4.69, 9.17) is 9.47 Å². The predicted octanol–water partition coefficient (Wildman–Crippen LogP) is 11.7. The van der Waals surface area contributed by atoms with Crippen LogP contribution in [0, 0.1) is 0 Å². The summed E-state index contributed by atoms with van der Waals surface area (Å²) in [5.74, 6) is -0.188. The maximum absolute atomic E-state index is 13.0. The minimum Gasteiger partial charge on any atom is -0.394 e. The first kappa shape index (κ1) is 58.6. The Morgan fingerprint density at radius 2 is 0.984 bits per heavy atom. The van der Waals surface area contributed by atoms with Crippen molar-refractivity contribution in [1.29, 1.82) is 0 Å². The molecule has 9 nitrogen and oxygen atoms in total. The van der Waals surface area contributed by atoms with Gasteiger partial charge in [-0.25, -0.2) is 0 Å².